The third-order valence-electron chi connectivity index (χ3n) is 2.27. The summed E-state index contributed by atoms with van der Waals surface area (Å²) in [5, 5.41) is 0. The summed E-state index contributed by atoms with van der Waals surface area (Å²) in [4.78, 5) is 4.70. The van der Waals surface area contributed by atoms with Gasteiger partial charge in [-0.25, -0.2) is 0 Å². The Bertz CT molecular complexity index is 222. The molecule has 2 rings (SSSR count). The molecule has 0 saturated carbocycles. The fraction of sp³-hybridized carbons (Fsp3) is 0.625. The van der Waals surface area contributed by atoms with Crippen LogP contribution in [0.2, 0.25) is 0 Å². The summed E-state index contributed by atoms with van der Waals surface area (Å²) in [5.41, 5.74) is 0. The van der Waals surface area contributed by atoms with Crippen molar-refractivity contribution in [1.82, 2.24) is 4.90 Å². The molecule has 0 aliphatic carbocycles. The zero-order valence-corrected chi connectivity index (χ0v) is 8.17. The van der Waals surface area contributed by atoms with Gasteiger partial charge in [0.05, 0.1) is 0 Å². The summed E-state index contributed by atoms with van der Waals surface area (Å²) in [7, 11) is 2.08. The Morgan fingerprint density at radius 3 is 3.36 bits per heavy atom. The van der Waals surface area contributed by atoms with E-state index in [-0.39, 0.29) is 0 Å². The lowest BCUT2D eigenvalue weighted by atomic mass is 10.0. The summed E-state index contributed by atoms with van der Waals surface area (Å²) in [6.07, 6.45) is 3.50. The van der Waals surface area contributed by atoms with Crippen LogP contribution in [0.5, 0.6) is 0 Å². The first-order valence-electron chi connectivity index (χ1n) is 3.87. The number of likely N-dealkylation sites (N-methyl/N-ethyl adjacent to an activating group) is 1. The van der Waals surface area contributed by atoms with Gasteiger partial charge in [0.25, 0.3) is 0 Å². The van der Waals surface area contributed by atoms with Crippen LogP contribution in [-0.4, -0.2) is 29.2 Å². The average Bonchev–Trinajstić information content (AvgIpc) is 2.36. The number of thioether (sulfide) groups is 1. The van der Waals surface area contributed by atoms with Gasteiger partial charge in [0.1, 0.15) is 4.99 Å². The molecule has 11 heavy (non-hydrogen) atoms. The van der Waals surface area contributed by atoms with Gasteiger partial charge in [0, 0.05) is 19.5 Å². The lowest BCUT2D eigenvalue weighted by Gasteiger charge is -2.27. The van der Waals surface area contributed by atoms with Crippen molar-refractivity contribution in [2.45, 2.75) is 6.42 Å². The van der Waals surface area contributed by atoms with Gasteiger partial charge in [0.15, 0.2) is 0 Å². The molecule has 1 atom stereocenters. The smallest absolute Gasteiger partial charge is 0.102 e. The van der Waals surface area contributed by atoms with Crippen LogP contribution in [0.1, 0.15) is 6.42 Å². The number of fused-ring (bicyclic) bond motifs is 1. The van der Waals surface area contributed by atoms with E-state index in [1.165, 1.54) is 17.1 Å². The molecule has 0 spiro atoms. The second-order valence-corrected chi connectivity index (χ2v) is 4.69. The van der Waals surface area contributed by atoms with E-state index in [1.54, 1.807) is 0 Å². The molecule has 0 aromatic carbocycles. The number of thiocarbonyl (C=S) groups is 1. The van der Waals surface area contributed by atoms with Gasteiger partial charge in [-0.15, -0.1) is 11.8 Å². The van der Waals surface area contributed by atoms with E-state index in [1.807, 2.05) is 11.8 Å². The summed E-state index contributed by atoms with van der Waals surface area (Å²) in [6, 6.07) is 0. The van der Waals surface area contributed by atoms with Crippen LogP contribution in [0.4, 0.5) is 0 Å². The summed E-state index contributed by atoms with van der Waals surface area (Å²) in [6.45, 7) is 1.14. The maximum absolute atomic E-state index is 5.19. The Balaban J connectivity index is 2.24. The van der Waals surface area contributed by atoms with Crippen molar-refractivity contribution in [3.8, 4) is 0 Å². The van der Waals surface area contributed by atoms with Gasteiger partial charge in [-0.3, -0.25) is 0 Å². The lowest BCUT2D eigenvalue weighted by Crippen LogP contribution is -2.32. The molecule has 0 N–H and O–H groups in total. The monoisotopic (exact) mass is 185 g/mol. The molecule has 1 unspecified atom stereocenters. The minimum absolute atomic E-state index is 0.789. The molecule has 1 saturated heterocycles. The Labute approximate surface area is 76.8 Å². The standard InChI is InChI=1S/C8H11NS2/c1-9-5-6-2-3-11-7(6)4-8(9)10/h4,6H,2-3,5H2,1H3. The van der Waals surface area contributed by atoms with Crippen LogP contribution in [0.3, 0.4) is 0 Å². The van der Waals surface area contributed by atoms with Crippen LogP contribution >= 0.6 is 24.0 Å². The highest BCUT2D eigenvalue weighted by Crippen LogP contribution is 2.38. The molecule has 2 aliphatic rings. The fourth-order valence-electron chi connectivity index (χ4n) is 1.57. The van der Waals surface area contributed by atoms with Crippen LogP contribution in [0.15, 0.2) is 11.0 Å². The Kier molecular flexibility index (Phi) is 1.93. The highest BCUT2D eigenvalue weighted by molar-refractivity contribution is 8.03. The van der Waals surface area contributed by atoms with E-state index in [0.717, 1.165) is 17.5 Å². The minimum Gasteiger partial charge on any atom is -0.365 e. The van der Waals surface area contributed by atoms with Gasteiger partial charge in [-0.2, -0.15) is 0 Å². The van der Waals surface area contributed by atoms with E-state index in [2.05, 4.69) is 18.0 Å². The summed E-state index contributed by atoms with van der Waals surface area (Å²) >= 11 is 7.17. The van der Waals surface area contributed by atoms with Crippen LogP contribution in [0, 0.1) is 5.92 Å². The van der Waals surface area contributed by atoms with Crippen LogP contribution in [-0.2, 0) is 0 Å². The molecule has 2 aliphatic heterocycles. The molecule has 0 bridgehead atoms. The molecule has 1 nitrogen and oxygen atoms in total. The molecule has 0 aromatic rings. The SMILES string of the molecule is CN1CC2CCSC2=CC1=S. The van der Waals surface area contributed by atoms with Gasteiger partial charge < -0.3 is 4.90 Å². The largest absolute Gasteiger partial charge is 0.365 e. The Hall–Kier alpha value is -0.0200. The predicted octanol–water partition coefficient (Wildman–Crippen LogP) is 1.90. The third-order valence-corrected chi connectivity index (χ3v) is 3.93. The zero-order valence-electron chi connectivity index (χ0n) is 6.54. The summed E-state index contributed by atoms with van der Waals surface area (Å²) < 4.78 is 0. The first-order chi connectivity index (χ1) is 5.27. The molecular weight excluding hydrogens is 174 g/mol. The van der Waals surface area contributed by atoms with Crippen molar-refractivity contribution in [1.29, 1.82) is 0 Å². The minimum atomic E-state index is 0.789. The van der Waals surface area contributed by atoms with Crippen molar-refractivity contribution in [2.75, 3.05) is 19.3 Å². The van der Waals surface area contributed by atoms with Crippen LogP contribution in [0.25, 0.3) is 0 Å². The predicted molar refractivity (Wildman–Crippen MR) is 53.9 cm³/mol. The lowest BCUT2D eigenvalue weighted by molar-refractivity contribution is 0.424. The fourth-order valence-corrected chi connectivity index (χ4v) is 3.11. The highest BCUT2D eigenvalue weighted by atomic mass is 32.2. The van der Waals surface area contributed by atoms with E-state index < -0.39 is 0 Å². The van der Waals surface area contributed by atoms with E-state index >= 15 is 0 Å². The Morgan fingerprint density at radius 2 is 2.55 bits per heavy atom. The van der Waals surface area contributed by atoms with Crippen molar-refractivity contribution >= 4 is 29.0 Å². The van der Waals surface area contributed by atoms with E-state index in [0.29, 0.717) is 0 Å². The molecule has 1 fully saturated rings. The normalized spacial score (nSPS) is 30.3. The zero-order chi connectivity index (χ0) is 7.84. The molecule has 0 amide bonds. The maximum Gasteiger partial charge on any atom is 0.102 e. The second-order valence-electron chi connectivity index (χ2n) is 3.10. The molecule has 2 heterocycles. The number of rotatable bonds is 0. The van der Waals surface area contributed by atoms with Gasteiger partial charge >= 0.3 is 0 Å². The average molecular weight is 185 g/mol. The quantitative estimate of drug-likeness (QED) is 0.531. The third kappa shape index (κ3) is 1.32. The van der Waals surface area contributed by atoms with E-state index in [9.17, 15) is 0 Å². The van der Waals surface area contributed by atoms with Crippen molar-refractivity contribution in [2.24, 2.45) is 5.92 Å². The maximum atomic E-state index is 5.19. The molecule has 60 valence electrons. The van der Waals surface area contributed by atoms with Gasteiger partial charge in [0.2, 0.25) is 0 Å². The number of hydrogen-bond donors (Lipinski definition) is 0. The second kappa shape index (κ2) is 2.79. The first kappa shape index (κ1) is 7.62. The van der Waals surface area contributed by atoms with Gasteiger partial charge in [-0.1, -0.05) is 12.2 Å². The molecule has 0 radical (unpaired) electrons. The molecular formula is C8H11NS2. The number of nitrogens with zero attached hydrogens (tertiary/aromatic N) is 1. The first-order valence-corrected chi connectivity index (χ1v) is 5.26. The molecule has 0 aromatic heterocycles. The van der Waals surface area contributed by atoms with E-state index in [4.69, 9.17) is 12.2 Å². The summed E-state index contributed by atoms with van der Waals surface area (Å²) in [5.74, 6) is 2.07. The Morgan fingerprint density at radius 1 is 1.73 bits per heavy atom. The van der Waals surface area contributed by atoms with Crippen LogP contribution < -0.4 is 0 Å². The highest BCUT2D eigenvalue weighted by Gasteiger charge is 2.27. The van der Waals surface area contributed by atoms with Crippen molar-refractivity contribution < 1.29 is 0 Å². The number of hydrogen-bond acceptors (Lipinski definition) is 2. The van der Waals surface area contributed by atoms with Crippen molar-refractivity contribution in [3.63, 3.8) is 0 Å². The topological polar surface area (TPSA) is 3.24 Å². The van der Waals surface area contributed by atoms with Crippen molar-refractivity contribution in [3.05, 3.63) is 11.0 Å². The van der Waals surface area contributed by atoms with Gasteiger partial charge in [-0.05, 0) is 23.2 Å². The molecule has 3 heteroatoms.